The molecule has 1 unspecified atom stereocenters. The van der Waals surface area contributed by atoms with Crippen molar-refractivity contribution in [1.29, 1.82) is 0 Å². The Morgan fingerprint density at radius 2 is 2.26 bits per heavy atom. The van der Waals surface area contributed by atoms with Crippen molar-refractivity contribution in [1.82, 2.24) is 9.78 Å². The largest absolute Gasteiger partial charge is 0.385 e. The van der Waals surface area contributed by atoms with Gasteiger partial charge in [-0.25, -0.2) is 0 Å². The van der Waals surface area contributed by atoms with E-state index in [1.165, 1.54) is 5.56 Å². The van der Waals surface area contributed by atoms with Crippen LogP contribution < -0.4 is 5.32 Å². The van der Waals surface area contributed by atoms with Crippen LogP contribution >= 0.6 is 0 Å². The fraction of sp³-hybridized carbons (Fsp3) is 0.400. The first-order chi connectivity index (χ1) is 9.28. The third-order valence-electron chi connectivity index (χ3n) is 2.94. The van der Waals surface area contributed by atoms with Crippen molar-refractivity contribution in [2.45, 2.75) is 13.5 Å². The molecule has 2 rings (SSSR count). The van der Waals surface area contributed by atoms with Crippen molar-refractivity contribution in [3.8, 4) is 0 Å². The van der Waals surface area contributed by atoms with E-state index in [9.17, 15) is 0 Å². The molecule has 0 aliphatic rings. The van der Waals surface area contributed by atoms with Crippen molar-refractivity contribution < 1.29 is 4.74 Å². The summed E-state index contributed by atoms with van der Waals surface area (Å²) in [6.45, 7) is 4.67. The van der Waals surface area contributed by atoms with Gasteiger partial charge in [-0.3, -0.25) is 4.68 Å². The summed E-state index contributed by atoms with van der Waals surface area (Å²) in [7, 11) is 1.74. The second kappa shape index (κ2) is 6.95. The van der Waals surface area contributed by atoms with Crippen molar-refractivity contribution in [3.05, 3.63) is 48.3 Å². The second-order valence-electron chi connectivity index (χ2n) is 4.85. The number of benzene rings is 1. The topological polar surface area (TPSA) is 39.1 Å². The molecule has 4 heteroatoms. The third kappa shape index (κ3) is 4.41. The van der Waals surface area contributed by atoms with Gasteiger partial charge >= 0.3 is 0 Å². The molecule has 0 spiro atoms. The van der Waals surface area contributed by atoms with Gasteiger partial charge in [0.2, 0.25) is 0 Å². The Balaban J connectivity index is 1.91. The number of anilines is 1. The van der Waals surface area contributed by atoms with E-state index in [1.807, 2.05) is 16.9 Å². The van der Waals surface area contributed by atoms with Gasteiger partial charge in [-0.05, 0) is 29.7 Å². The molecule has 0 aliphatic heterocycles. The molecule has 0 amide bonds. The van der Waals surface area contributed by atoms with Crippen LogP contribution in [0, 0.1) is 5.92 Å². The van der Waals surface area contributed by atoms with E-state index < -0.39 is 0 Å². The Bertz CT molecular complexity index is 482. The lowest BCUT2D eigenvalue weighted by molar-refractivity contribution is 0.164. The van der Waals surface area contributed by atoms with E-state index in [-0.39, 0.29) is 0 Å². The molecular weight excluding hydrogens is 238 g/mol. The molecule has 102 valence electrons. The van der Waals surface area contributed by atoms with Gasteiger partial charge in [-0.15, -0.1) is 0 Å². The molecule has 1 aromatic carbocycles. The van der Waals surface area contributed by atoms with E-state index in [0.29, 0.717) is 5.92 Å². The van der Waals surface area contributed by atoms with Crippen LogP contribution in [0.25, 0.3) is 0 Å². The maximum absolute atomic E-state index is 5.13. The van der Waals surface area contributed by atoms with E-state index in [0.717, 1.165) is 25.4 Å². The first kappa shape index (κ1) is 13.6. The number of hydrogen-bond donors (Lipinski definition) is 1. The number of nitrogens with one attached hydrogen (secondary N) is 1. The molecule has 1 aromatic heterocycles. The number of hydrogen-bond acceptors (Lipinski definition) is 3. The lowest BCUT2D eigenvalue weighted by Gasteiger charge is -2.13. The Kier molecular flexibility index (Phi) is 4.98. The van der Waals surface area contributed by atoms with E-state index in [2.05, 4.69) is 41.6 Å². The fourth-order valence-corrected chi connectivity index (χ4v) is 2.00. The van der Waals surface area contributed by atoms with Crippen LogP contribution in [0.1, 0.15) is 12.5 Å². The zero-order valence-corrected chi connectivity index (χ0v) is 11.5. The van der Waals surface area contributed by atoms with Crippen LogP contribution in [0.3, 0.4) is 0 Å². The molecule has 0 saturated heterocycles. The SMILES string of the molecule is COCC(C)CNc1cccc(Cn2cccn2)c1. The van der Waals surface area contributed by atoms with Crippen LogP contribution in [0.2, 0.25) is 0 Å². The summed E-state index contributed by atoms with van der Waals surface area (Å²) < 4.78 is 7.06. The predicted octanol–water partition coefficient (Wildman–Crippen LogP) is 2.63. The summed E-state index contributed by atoms with van der Waals surface area (Å²) in [5.74, 6) is 0.500. The van der Waals surface area contributed by atoms with Crippen molar-refractivity contribution >= 4 is 5.69 Å². The van der Waals surface area contributed by atoms with Gasteiger partial charge in [-0.2, -0.15) is 5.10 Å². The van der Waals surface area contributed by atoms with Crippen LogP contribution in [-0.4, -0.2) is 30.0 Å². The normalized spacial score (nSPS) is 12.3. The molecular formula is C15H21N3O. The first-order valence-electron chi connectivity index (χ1n) is 6.57. The van der Waals surface area contributed by atoms with Gasteiger partial charge in [0.25, 0.3) is 0 Å². The summed E-state index contributed by atoms with van der Waals surface area (Å²) >= 11 is 0. The monoisotopic (exact) mass is 259 g/mol. The standard InChI is InChI=1S/C15H21N3O/c1-13(12-19-2)10-16-15-6-3-5-14(9-15)11-18-8-4-7-17-18/h3-9,13,16H,10-12H2,1-2H3. The zero-order valence-electron chi connectivity index (χ0n) is 11.5. The van der Waals surface area contributed by atoms with Crippen molar-refractivity contribution in [2.75, 3.05) is 25.6 Å². The second-order valence-corrected chi connectivity index (χ2v) is 4.85. The molecule has 19 heavy (non-hydrogen) atoms. The molecule has 0 radical (unpaired) electrons. The smallest absolute Gasteiger partial charge is 0.0660 e. The molecule has 0 fully saturated rings. The summed E-state index contributed by atoms with van der Waals surface area (Å²) in [5.41, 5.74) is 2.39. The molecule has 1 heterocycles. The summed E-state index contributed by atoms with van der Waals surface area (Å²) in [6, 6.07) is 10.4. The van der Waals surface area contributed by atoms with Gasteiger partial charge in [0, 0.05) is 31.7 Å². The maximum Gasteiger partial charge on any atom is 0.0660 e. The number of methoxy groups -OCH3 is 1. The Morgan fingerprint density at radius 1 is 1.37 bits per heavy atom. The van der Waals surface area contributed by atoms with Gasteiger partial charge in [0.15, 0.2) is 0 Å². The summed E-state index contributed by atoms with van der Waals surface area (Å²) in [4.78, 5) is 0. The molecule has 0 bridgehead atoms. The minimum absolute atomic E-state index is 0.500. The minimum Gasteiger partial charge on any atom is -0.385 e. The highest BCUT2D eigenvalue weighted by Gasteiger charge is 2.02. The molecule has 1 atom stereocenters. The minimum atomic E-state index is 0.500. The quantitative estimate of drug-likeness (QED) is 0.830. The number of rotatable bonds is 7. The predicted molar refractivity (Wildman–Crippen MR) is 77.3 cm³/mol. The fourth-order valence-electron chi connectivity index (χ4n) is 2.00. The van der Waals surface area contributed by atoms with Crippen LogP contribution in [0.15, 0.2) is 42.7 Å². The van der Waals surface area contributed by atoms with Gasteiger partial charge < -0.3 is 10.1 Å². The highest BCUT2D eigenvalue weighted by molar-refractivity contribution is 5.45. The van der Waals surface area contributed by atoms with Gasteiger partial charge in [0.05, 0.1) is 13.2 Å². The maximum atomic E-state index is 5.13. The number of nitrogens with zero attached hydrogens (tertiary/aromatic N) is 2. The molecule has 0 aliphatic carbocycles. The number of aromatic nitrogens is 2. The van der Waals surface area contributed by atoms with Gasteiger partial charge in [-0.1, -0.05) is 19.1 Å². The van der Waals surface area contributed by atoms with Crippen LogP contribution in [-0.2, 0) is 11.3 Å². The Hall–Kier alpha value is -1.81. The summed E-state index contributed by atoms with van der Waals surface area (Å²) in [5, 5.41) is 7.66. The average molecular weight is 259 g/mol. The molecule has 2 aromatic rings. The van der Waals surface area contributed by atoms with E-state index in [4.69, 9.17) is 4.74 Å². The molecule has 1 N–H and O–H groups in total. The van der Waals surface area contributed by atoms with Gasteiger partial charge in [0.1, 0.15) is 0 Å². The first-order valence-corrected chi connectivity index (χ1v) is 6.57. The van der Waals surface area contributed by atoms with E-state index in [1.54, 1.807) is 13.3 Å². The lowest BCUT2D eigenvalue weighted by Crippen LogP contribution is -2.15. The third-order valence-corrected chi connectivity index (χ3v) is 2.94. The Morgan fingerprint density at radius 3 is 3.00 bits per heavy atom. The average Bonchev–Trinajstić information content (AvgIpc) is 2.90. The highest BCUT2D eigenvalue weighted by atomic mass is 16.5. The molecule has 0 saturated carbocycles. The lowest BCUT2D eigenvalue weighted by atomic mass is 10.1. The van der Waals surface area contributed by atoms with Crippen LogP contribution in [0.5, 0.6) is 0 Å². The number of ether oxygens (including phenoxy) is 1. The zero-order chi connectivity index (χ0) is 13.5. The Labute approximate surface area is 114 Å². The van der Waals surface area contributed by atoms with Crippen LogP contribution in [0.4, 0.5) is 5.69 Å². The molecule has 4 nitrogen and oxygen atoms in total. The highest BCUT2D eigenvalue weighted by Crippen LogP contribution is 2.12. The van der Waals surface area contributed by atoms with Crippen molar-refractivity contribution in [3.63, 3.8) is 0 Å². The van der Waals surface area contributed by atoms with E-state index >= 15 is 0 Å². The summed E-state index contributed by atoms with van der Waals surface area (Å²) in [6.07, 6.45) is 3.77. The van der Waals surface area contributed by atoms with Crippen molar-refractivity contribution in [2.24, 2.45) is 5.92 Å².